The summed E-state index contributed by atoms with van der Waals surface area (Å²) < 4.78 is 59.1. The van der Waals surface area contributed by atoms with Gasteiger partial charge in [-0.25, -0.2) is 14.6 Å². The molecule has 2 aromatic carbocycles. The Morgan fingerprint density at radius 2 is 1.80 bits per heavy atom. The molecule has 0 saturated heterocycles. The van der Waals surface area contributed by atoms with Crippen LogP contribution >= 0.6 is 0 Å². The molecule has 4 rings (SSSR count). The SMILES string of the molecule is COc1cccc(CC2CCC3=C(N=C2Oc2cccc(OC(F)(F)F)c2)[NH+](C)C(=O)N(CCOCCO)C3=O)c1. The van der Waals surface area contributed by atoms with Gasteiger partial charge in [0.2, 0.25) is 11.7 Å². The summed E-state index contributed by atoms with van der Waals surface area (Å²) in [6, 6.07) is 11.9. The molecule has 2 aliphatic rings. The van der Waals surface area contributed by atoms with E-state index in [-0.39, 0.29) is 55.2 Å². The van der Waals surface area contributed by atoms with Crippen LogP contribution in [0, 0.1) is 5.92 Å². The molecule has 41 heavy (non-hydrogen) atoms. The highest BCUT2D eigenvalue weighted by Gasteiger charge is 2.44. The van der Waals surface area contributed by atoms with Crippen molar-refractivity contribution in [1.82, 2.24) is 4.90 Å². The average Bonchev–Trinajstić information content (AvgIpc) is 3.10. The van der Waals surface area contributed by atoms with E-state index < -0.39 is 30.0 Å². The van der Waals surface area contributed by atoms with Crippen LogP contribution in [0.1, 0.15) is 18.4 Å². The standard InChI is InChI=1S/C28H30F3N3O7/c1-33-24-23(26(36)34(27(33)37)11-13-39-14-12-35)10-9-19(15-18-5-3-6-20(16-18)38-2)25(32-24)40-21-7-4-8-22(17-21)41-28(29,30)31/h3-8,16-17,19,35H,9-15H2,1-2H3/p+1. The number of imide groups is 1. The second kappa shape index (κ2) is 13.1. The van der Waals surface area contributed by atoms with E-state index in [0.29, 0.717) is 24.2 Å². The van der Waals surface area contributed by atoms with Crippen LogP contribution in [0.5, 0.6) is 17.2 Å². The first kappa shape index (κ1) is 30.0. The summed E-state index contributed by atoms with van der Waals surface area (Å²) in [5.74, 6) is -0.294. The van der Waals surface area contributed by atoms with Gasteiger partial charge in [0.15, 0.2) is 0 Å². The van der Waals surface area contributed by atoms with Crippen molar-refractivity contribution < 1.29 is 51.7 Å². The van der Waals surface area contributed by atoms with Crippen LogP contribution in [0.15, 0.2) is 64.9 Å². The lowest BCUT2D eigenvalue weighted by Gasteiger charge is -2.28. The molecule has 13 heteroatoms. The maximum Gasteiger partial charge on any atom is 0.573 e. The lowest BCUT2D eigenvalue weighted by Crippen LogP contribution is -3.12. The Balaban J connectivity index is 1.67. The van der Waals surface area contributed by atoms with Gasteiger partial charge in [-0.3, -0.25) is 4.79 Å². The highest BCUT2D eigenvalue weighted by atomic mass is 19.4. The molecule has 2 unspecified atom stereocenters. The molecule has 3 amide bonds. The molecular formula is C28H31F3N3O7+. The minimum atomic E-state index is -4.88. The molecule has 2 N–H and O–H groups in total. The molecule has 2 aliphatic heterocycles. The summed E-state index contributed by atoms with van der Waals surface area (Å²) in [5, 5.41) is 8.92. The summed E-state index contributed by atoms with van der Waals surface area (Å²) in [6.45, 7) is -0.0166. The van der Waals surface area contributed by atoms with E-state index >= 15 is 0 Å². The normalized spacial score (nSPS) is 19.5. The van der Waals surface area contributed by atoms with Crippen LogP contribution in [-0.2, 0) is 16.0 Å². The number of alkyl halides is 3. The lowest BCUT2D eigenvalue weighted by atomic mass is 9.92. The molecule has 10 nitrogen and oxygen atoms in total. The average molecular weight is 579 g/mol. The Bertz CT molecular complexity index is 1330. The van der Waals surface area contributed by atoms with E-state index in [4.69, 9.17) is 19.3 Å². The second-order valence-corrected chi connectivity index (χ2v) is 9.42. The molecule has 220 valence electrons. The third kappa shape index (κ3) is 7.63. The highest BCUT2D eigenvalue weighted by molar-refractivity contribution is 6.04. The Kier molecular flexibility index (Phi) is 9.63. The first-order chi connectivity index (χ1) is 19.6. The van der Waals surface area contributed by atoms with Gasteiger partial charge in [-0.05, 0) is 49.1 Å². The van der Waals surface area contributed by atoms with Crippen LogP contribution in [0.2, 0.25) is 0 Å². The molecule has 0 aliphatic carbocycles. The van der Waals surface area contributed by atoms with Crippen LogP contribution < -0.4 is 19.1 Å². The number of hydrogen-bond acceptors (Lipinski definition) is 8. The number of urea groups is 1. The number of benzene rings is 2. The number of nitrogens with zero attached hydrogens (tertiary/aromatic N) is 2. The van der Waals surface area contributed by atoms with Crippen molar-refractivity contribution in [3.05, 3.63) is 65.5 Å². The number of halogens is 3. The number of nitrogens with one attached hydrogen (secondary N) is 1. The highest BCUT2D eigenvalue weighted by Crippen LogP contribution is 2.31. The van der Waals surface area contributed by atoms with Gasteiger partial charge in [0.25, 0.3) is 5.91 Å². The van der Waals surface area contributed by atoms with Gasteiger partial charge in [0.1, 0.15) is 17.2 Å². The summed E-state index contributed by atoms with van der Waals surface area (Å²) in [6.07, 6.45) is -3.75. The number of methoxy groups -OCH3 is 1. The topological polar surface area (TPSA) is 111 Å². The summed E-state index contributed by atoms with van der Waals surface area (Å²) in [5.41, 5.74) is 1.23. The number of carbonyl (C=O) groups is 2. The van der Waals surface area contributed by atoms with Gasteiger partial charge in [0.05, 0.1) is 46.1 Å². The third-order valence-electron chi connectivity index (χ3n) is 6.60. The predicted octanol–water partition coefficient (Wildman–Crippen LogP) is 2.72. The molecule has 0 aromatic heterocycles. The number of rotatable bonds is 10. The Morgan fingerprint density at radius 3 is 2.54 bits per heavy atom. The van der Waals surface area contributed by atoms with Crippen molar-refractivity contribution in [1.29, 1.82) is 0 Å². The summed E-state index contributed by atoms with van der Waals surface area (Å²) in [7, 11) is 3.11. The van der Waals surface area contributed by atoms with Gasteiger partial charge < -0.3 is 24.1 Å². The zero-order valence-electron chi connectivity index (χ0n) is 22.6. The first-order valence-electron chi connectivity index (χ1n) is 13.0. The maximum atomic E-state index is 13.4. The number of hydrogen-bond donors (Lipinski definition) is 2. The van der Waals surface area contributed by atoms with Crippen LogP contribution in [0.4, 0.5) is 18.0 Å². The van der Waals surface area contributed by atoms with Crippen LogP contribution in [0.3, 0.4) is 0 Å². The van der Waals surface area contributed by atoms with E-state index in [1.54, 1.807) is 20.2 Å². The molecule has 0 bridgehead atoms. The van der Waals surface area contributed by atoms with E-state index in [1.165, 1.54) is 12.1 Å². The minimum Gasteiger partial charge on any atom is -0.497 e. The molecule has 0 saturated carbocycles. The van der Waals surface area contributed by atoms with Gasteiger partial charge in [-0.2, -0.15) is 4.99 Å². The van der Waals surface area contributed by atoms with Crippen LogP contribution in [0.25, 0.3) is 0 Å². The monoisotopic (exact) mass is 578 g/mol. The van der Waals surface area contributed by atoms with Crippen molar-refractivity contribution in [3.8, 4) is 17.2 Å². The predicted molar refractivity (Wildman–Crippen MR) is 140 cm³/mol. The Labute approximate surface area is 234 Å². The van der Waals surface area contributed by atoms with E-state index in [2.05, 4.69) is 9.73 Å². The van der Waals surface area contributed by atoms with Gasteiger partial charge >= 0.3 is 12.4 Å². The van der Waals surface area contributed by atoms with Crippen LogP contribution in [-0.4, -0.2) is 74.7 Å². The fraction of sp³-hybridized carbons (Fsp3) is 0.393. The van der Waals surface area contributed by atoms with Crippen molar-refractivity contribution in [3.63, 3.8) is 0 Å². The molecule has 0 fully saturated rings. The fourth-order valence-electron chi connectivity index (χ4n) is 4.67. The van der Waals surface area contributed by atoms with Gasteiger partial charge in [0, 0.05) is 12.0 Å². The number of quaternary nitrogens is 1. The molecule has 2 heterocycles. The Hall–Kier alpha value is -3.94. The first-order valence-corrected chi connectivity index (χ1v) is 13.0. The number of aliphatic hydroxyl groups is 1. The number of carbonyl (C=O) groups excluding carboxylic acids is 2. The second-order valence-electron chi connectivity index (χ2n) is 9.42. The number of amides is 3. The molecule has 0 spiro atoms. The molecule has 2 aromatic rings. The molecule has 0 radical (unpaired) electrons. The third-order valence-corrected chi connectivity index (χ3v) is 6.60. The zero-order chi connectivity index (χ0) is 29.6. The van der Waals surface area contributed by atoms with Crippen molar-refractivity contribution in [2.45, 2.75) is 25.6 Å². The smallest absolute Gasteiger partial charge is 0.497 e. The van der Waals surface area contributed by atoms with Crippen molar-refractivity contribution >= 4 is 17.8 Å². The number of ether oxygens (including phenoxy) is 4. The maximum absolute atomic E-state index is 13.4. The summed E-state index contributed by atoms with van der Waals surface area (Å²) in [4.78, 5) is 32.5. The summed E-state index contributed by atoms with van der Waals surface area (Å²) >= 11 is 0. The van der Waals surface area contributed by atoms with Crippen molar-refractivity contribution in [2.24, 2.45) is 10.9 Å². The van der Waals surface area contributed by atoms with Gasteiger partial charge in [-0.15, -0.1) is 13.2 Å². The Morgan fingerprint density at radius 1 is 1.07 bits per heavy atom. The van der Waals surface area contributed by atoms with E-state index in [1.807, 2.05) is 18.2 Å². The fourth-order valence-corrected chi connectivity index (χ4v) is 4.67. The van der Waals surface area contributed by atoms with Gasteiger partial charge in [-0.1, -0.05) is 18.2 Å². The lowest BCUT2D eigenvalue weighted by molar-refractivity contribution is -0.755. The zero-order valence-corrected chi connectivity index (χ0v) is 22.6. The number of aliphatic hydroxyl groups excluding tert-OH is 1. The molecular weight excluding hydrogens is 547 g/mol. The van der Waals surface area contributed by atoms with E-state index in [0.717, 1.165) is 22.6 Å². The number of aliphatic imine (C=N–C) groups is 1. The minimum absolute atomic E-state index is 0.0120. The quantitative estimate of drug-likeness (QED) is 0.417. The largest absolute Gasteiger partial charge is 0.573 e. The van der Waals surface area contributed by atoms with Crippen molar-refractivity contribution in [2.75, 3.05) is 40.5 Å². The molecule has 2 atom stereocenters. The van der Waals surface area contributed by atoms with E-state index in [9.17, 15) is 22.8 Å².